The number of nitrogens with one attached hydrogen (secondary N) is 1. The number of rotatable bonds is 1. The summed E-state index contributed by atoms with van der Waals surface area (Å²) >= 11 is 0. The maximum Gasteiger partial charge on any atom is 0.416 e. The van der Waals surface area contributed by atoms with Crippen LogP contribution in [-0.4, -0.2) is 12.7 Å². The first-order valence-electron chi connectivity index (χ1n) is 5.80. The Kier molecular flexibility index (Phi) is 3.20. The molecule has 0 unspecified atom stereocenters. The molecule has 0 spiro atoms. The Morgan fingerprint density at radius 3 is 2.37 bits per heavy atom. The molecule has 2 rings (SSSR count). The van der Waals surface area contributed by atoms with E-state index in [1.54, 1.807) is 0 Å². The summed E-state index contributed by atoms with van der Waals surface area (Å²) in [7, 11) is 0. The van der Waals surface area contributed by atoms with E-state index in [1.807, 2.05) is 13.8 Å². The number of hydrogen-bond acceptors (Lipinski definition) is 2. The highest BCUT2D eigenvalue weighted by molar-refractivity contribution is 5.69. The highest BCUT2D eigenvalue weighted by Crippen LogP contribution is 2.37. The monoisotopic (exact) mass is 273 g/mol. The number of ether oxygens (including phenoxy) is 1. The third-order valence-corrected chi connectivity index (χ3v) is 3.19. The molecule has 0 saturated carbocycles. The Morgan fingerprint density at radius 2 is 1.84 bits per heavy atom. The highest BCUT2D eigenvalue weighted by atomic mass is 19.4. The molecule has 1 atom stereocenters. The molecule has 3 nitrogen and oxygen atoms in total. The SMILES string of the molecule is CC1(C)COC(=O)N[C@@H]1c1ccc(C(F)(F)F)cc1. The molecule has 104 valence electrons. The number of alkyl halides is 3. The number of halogens is 3. The van der Waals surface area contributed by atoms with Crippen LogP contribution in [0.2, 0.25) is 0 Å². The molecule has 1 heterocycles. The number of hydrogen-bond donors (Lipinski definition) is 1. The van der Waals surface area contributed by atoms with E-state index in [9.17, 15) is 18.0 Å². The smallest absolute Gasteiger partial charge is 0.416 e. The molecule has 1 saturated heterocycles. The van der Waals surface area contributed by atoms with Crippen molar-refractivity contribution in [1.29, 1.82) is 0 Å². The minimum absolute atomic E-state index is 0.227. The predicted molar refractivity (Wildman–Crippen MR) is 62.4 cm³/mol. The fraction of sp³-hybridized carbons (Fsp3) is 0.462. The van der Waals surface area contributed by atoms with E-state index in [0.717, 1.165) is 12.1 Å². The summed E-state index contributed by atoms with van der Waals surface area (Å²) in [5.41, 5.74) is -0.449. The van der Waals surface area contributed by atoms with Crippen LogP contribution in [0.1, 0.15) is 31.0 Å². The maximum atomic E-state index is 12.5. The molecule has 1 aromatic rings. The van der Waals surface area contributed by atoms with Crippen LogP contribution < -0.4 is 5.32 Å². The summed E-state index contributed by atoms with van der Waals surface area (Å²) < 4.78 is 42.4. The fourth-order valence-electron chi connectivity index (χ4n) is 2.09. The second kappa shape index (κ2) is 4.43. The zero-order valence-electron chi connectivity index (χ0n) is 10.5. The largest absolute Gasteiger partial charge is 0.449 e. The number of carbonyl (C=O) groups is 1. The Morgan fingerprint density at radius 1 is 1.26 bits per heavy atom. The standard InChI is InChI=1S/C13H14F3NO2/c1-12(2)7-19-11(18)17-10(12)8-3-5-9(6-4-8)13(14,15)16/h3-6,10H,7H2,1-2H3,(H,17,18)/t10-/m1/s1. The molecule has 0 aromatic heterocycles. The van der Waals surface area contributed by atoms with Gasteiger partial charge in [-0.15, -0.1) is 0 Å². The number of carbonyl (C=O) groups excluding carboxylic acids is 1. The van der Waals surface area contributed by atoms with E-state index in [0.29, 0.717) is 5.56 Å². The van der Waals surface area contributed by atoms with Crippen LogP contribution in [0.25, 0.3) is 0 Å². The van der Waals surface area contributed by atoms with Gasteiger partial charge >= 0.3 is 12.3 Å². The first-order valence-corrected chi connectivity index (χ1v) is 5.80. The second-order valence-electron chi connectivity index (χ2n) is 5.26. The second-order valence-corrected chi connectivity index (χ2v) is 5.26. The van der Waals surface area contributed by atoms with Crippen molar-refractivity contribution >= 4 is 6.09 Å². The zero-order valence-corrected chi connectivity index (χ0v) is 10.5. The van der Waals surface area contributed by atoms with Crippen molar-refractivity contribution in [1.82, 2.24) is 5.32 Å². The Labute approximate surface area is 108 Å². The lowest BCUT2D eigenvalue weighted by Gasteiger charge is -2.38. The average Bonchev–Trinajstić information content (AvgIpc) is 2.31. The van der Waals surface area contributed by atoms with Crippen molar-refractivity contribution in [2.24, 2.45) is 5.41 Å². The summed E-state index contributed by atoms with van der Waals surface area (Å²) in [5, 5.41) is 2.64. The van der Waals surface area contributed by atoms with Gasteiger partial charge in [-0.1, -0.05) is 26.0 Å². The Balaban J connectivity index is 2.28. The van der Waals surface area contributed by atoms with E-state index in [1.165, 1.54) is 12.1 Å². The third kappa shape index (κ3) is 2.83. The molecule has 1 fully saturated rings. The lowest BCUT2D eigenvalue weighted by molar-refractivity contribution is -0.137. The molecule has 0 bridgehead atoms. The predicted octanol–water partition coefficient (Wildman–Crippen LogP) is 3.51. The van der Waals surface area contributed by atoms with E-state index >= 15 is 0 Å². The van der Waals surface area contributed by atoms with Gasteiger partial charge in [-0.2, -0.15) is 13.2 Å². The first kappa shape index (κ1) is 13.7. The van der Waals surface area contributed by atoms with Crippen LogP contribution in [-0.2, 0) is 10.9 Å². The van der Waals surface area contributed by atoms with Crippen molar-refractivity contribution in [3.63, 3.8) is 0 Å². The molecule has 1 amide bonds. The van der Waals surface area contributed by atoms with E-state index in [4.69, 9.17) is 4.74 Å². The van der Waals surface area contributed by atoms with Crippen molar-refractivity contribution in [2.45, 2.75) is 26.1 Å². The van der Waals surface area contributed by atoms with Gasteiger partial charge < -0.3 is 10.1 Å². The van der Waals surface area contributed by atoms with Crippen molar-refractivity contribution in [3.05, 3.63) is 35.4 Å². The van der Waals surface area contributed by atoms with E-state index in [2.05, 4.69) is 5.32 Å². The highest BCUT2D eigenvalue weighted by Gasteiger charge is 2.38. The number of alkyl carbamates (subject to hydrolysis) is 1. The molecule has 19 heavy (non-hydrogen) atoms. The van der Waals surface area contributed by atoms with Gasteiger partial charge in [0, 0.05) is 5.41 Å². The minimum atomic E-state index is -4.35. The first-order chi connectivity index (χ1) is 8.70. The van der Waals surface area contributed by atoms with Crippen LogP contribution >= 0.6 is 0 Å². The van der Waals surface area contributed by atoms with Gasteiger partial charge in [-0.05, 0) is 17.7 Å². The zero-order chi connectivity index (χ0) is 14.3. The quantitative estimate of drug-likeness (QED) is 0.850. The van der Waals surface area contributed by atoms with E-state index in [-0.39, 0.29) is 18.1 Å². The van der Waals surface area contributed by atoms with Gasteiger partial charge in [0.2, 0.25) is 0 Å². The van der Waals surface area contributed by atoms with Crippen LogP contribution in [0.3, 0.4) is 0 Å². The molecular formula is C13H14F3NO2. The van der Waals surface area contributed by atoms with Gasteiger partial charge in [-0.25, -0.2) is 4.79 Å². The van der Waals surface area contributed by atoms with Crippen molar-refractivity contribution in [3.8, 4) is 0 Å². The maximum absolute atomic E-state index is 12.5. The van der Waals surface area contributed by atoms with Gasteiger partial charge in [0.25, 0.3) is 0 Å². The van der Waals surface area contributed by atoms with Gasteiger partial charge in [0.15, 0.2) is 0 Å². The normalized spacial score (nSPS) is 22.6. The molecular weight excluding hydrogens is 259 g/mol. The summed E-state index contributed by atoms with van der Waals surface area (Å²) in [6, 6.07) is 4.46. The molecule has 0 aliphatic carbocycles. The summed E-state index contributed by atoms with van der Waals surface area (Å²) in [4.78, 5) is 11.2. The third-order valence-electron chi connectivity index (χ3n) is 3.19. The topological polar surface area (TPSA) is 38.3 Å². The molecule has 1 aromatic carbocycles. The van der Waals surface area contributed by atoms with Crippen LogP contribution in [0.4, 0.5) is 18.0 Å². The van der Waals surface area contributed by atoms with Gasteiger partial charge in [-0.3, -0.25) is 0 Å². The van der Waals surface area contributed by atoms with Crippen LogP contribution in [0, 0.1) is 5.41 Å². The molecule has 1 N–H and O–H groups in total. The fourth-order valence-corrected chi connectivity index (χ4v) is 2.09. The number of amides is 1. The summed E-state index contributed by atoms with van der Waals surface area (Å²) in [5.74, 6) is 0. The van der Waals surface area contributed by atoms with Gasteiger partial charge in [0.1, 0.15) is 6.61 Å². The van der Waals surface area contributed by atoms with Crippen LogP contribution in [0.15, 0.2) is 24.3 Å². The lowest BCUT2D eigenvalue weighted by atomic mass is 9.80. The molecule has 0 radical (unpaired) electrons. The van der Waals surface area contributed by atoms with Crippen molar-refractivity contribution in [2.75, 3.05) is 6.61 Å². The van der Waals surface area contributed by atoms with Crippen molar-refractivity contribution < 1.29 is 22.7 Å². The number of cyclic esters (lactones) is 1. The Bertz CT molecular complexity index is 480. The van der Waals surface area contributed by atoms with Gasteiger partial charge in [0.05, 0.1) is 11.6 Å². The molecule has 1 aliphatic rings. The molecule has 1 aliphatic heterocycles. The van der Waals surface area contributed by atoms with E-state index < -0.39 is 17.8 Å². The average molecular weight is 273 g/mol. The van der Waals surface area contributed by atoms with Crippen LogP contribution in [0.5, 0.6) is 0 Å². The minimum Gasteiger partial charge on any atom is -0.449 e. The Hall–Kier alpha value is -1.72. The molecule has 6 heteroatoms. The number of benzene rings is 1. The summed E-state index contributed by atoms with van der Waals surface area (Å²) in [6.07, 6.45) is -4.91. The summed E-state index contributed by atoms with van der Waals surface area (Å²) in [6.45, 7) is 3.99. The lowest BCUT2D eigenvalue weighted by Crippen LogP contribution is -2.46.